The van der Waals surface area contributed by atoms with Crippen molar-refractivity contribution in [2.45, 2.75) is 17.9 Å². The third kappa shape index (κ3) is 4.73. The van der Waals surface area contributed by atoms with Gasteiger partial charge in [0.15, 0.2) is 5.82 Å². The van der Waals surface area contributed by atoms with Gasteiger partial charge in [-0.15, -0.1) is 11.8 Å². The van der Waals surface area contributed by atoms with Gasteiger partial charge in [-0.1, -0.05) is 24.3 Å². The van der Waals surface area contributed by atoms with E-state index in [4.69, 9.17) is 4.74 Å². The van der Waals surface area contributed by atoms with E-state index < -0.39 is 5.82 Å². The van der Waals surface area contributed by atoms with Crippen LogP contribution >= 0.6 is 11.8 Å². The summed E-state index contributed by atoms with van der Waals surface area (Å²) in [5, 5.41) is 6.96. The number of methoxy groups -OCH3 is 1. The summed E-state index contributed by atoms with van der Waals surface area (Å²) in [5.41, 5.74) is 4.33. The minimum absolute atomic E-state index is 0.0115. The Morgan fingerprint density at radius 2 is 2.00 bits per heavy atom. The molecule has 2 N–H and O–H groups in total. The SMILES string of the molecule is COc1cc(F)c2nccc(-c3ccc(CCNCc4ccc5c(n4)NC(=O)CS5)cc3)c2c1. The number of anilines is 1. The van der Waals surface area contributed by atoms with Crippen molar-refractivity contribution in [3.05, 3.63) is 77.9 Å². The fourth-order valence-corrected chi connectivity index (χ4v) is 4.72. The molecule has 3 heterocycles. The van der Waals surface area contributed by atoms with E-state index in [0.29, 0.717) is 29.4 Å². The number of nitrogens with one attached hydrogen (secondary N) is 2. The Bertz CT molecular complexity index is 1360. The topological polar surface area (TPSA) is 76.1 Å². The first kappa shape index (κ1) is 22.3. The van der Waals surface area contributed by atoms with Crippen LogP contribution in [0.1, 0.15) is 11.3 Å². The number of benzene rings is 2. The average Bonchev–Trinajstić information content (AvgIpc) is 2.86. The average molecular weight is 475 g/mol. The van der Waals surface area contributed by atoms with E-state index >= 15 is 0 Å². The van der Waals surface area contributed by atoms with Gasteiger partial charge < -0.3 is 15.4 Å². The fraction of sp³-hybridized carbons (Fsp3) is 0.192. The molecule has 1 aliphatic heterocycles. The smallest absolute Gasteiger partial charge is 0.235 e. The Balaban J connectivity index is 1.22. The molecular formula is C26H23FN4O2S. The number of carbonyl (C=O) groups excluding carboxylic acids is 1. The predicted molar refractivity (Wildman–Crippen MR) is 133 cm³/mol. The van der Waals surface area contributed by atoms with Crippen molar-refractivity contribution >= 4 is 34.4 Å². The number of aromatic nitrogens is 2. The Kier molecular flexibility index (Phi) is 6.42. The first-order chi connectivity index (χ1) is 16.6. The number of ether oxygens (including phenoxy) is 1. The Morgan fingerprint density at radius 3 is 2.82 bits per heavy atom. The number of pyridine rings is 2. The van der Waals surface area contributed by atoms with Crippen LogP contribution in [-0.2, 0) is 17.8 Å². The number of fused-ring (bicyclic) bond motifs is 2. The molecule has 0 unspecified atom stereocenters. The van der Waals surface area contributed by atoms with Crippen LogP contribution in [0.4, 0.5) is 10.2 Å². The molecule has 5 rings (SSSR count). The molecular weight excluding hydrogens is 451 g/mol. The van der Waals surface area contributed by atoms with Gasteiger partial charge in [-0.05, 0) is 53.9 Å². The van der Waals surface area contributed by atoms with Gasteiger partial charge in [-0.2, -0.15) is 0 Å². The van der Waals surface area contributed by atoms with Gasteiger partial charge in [-0.25, -0.2) is 9.37 Å². The van der Waals surface area contributed by atoms with Gasteiger partial charge in [0.05, 0.1) is 23.5 Å². The maximum absolute atomic E-state index is 14.4. The maximum Gasteiger partial charge on any atom is 0.235 e. The van der Waals surface area contributed by atoms with Gasteiger partial charge in [0.25, 0.3) is 0 Å². The molecule has 1 aliphatic rings. The molecule has 0 spiro atoms. The number of carbonyl (C=O) groups is 1. The zero-order chi connectivity index (χ0) is 23.5. The molecule has 0 fully saturated rings. The van der Waals surface area contributed by atoms with Gasteiger partial charge in [0.1, 0.15) is 17.1 Å². The predicted octanol–water partition coefficient (Wildman–Crippen LogP) is 4.82. The van der Waals surface area contributed by atoms with Crippen LogP contribution in [0.3, 0.4) is 0 Å². The molecule has 2 aromatic carbocycles. The van der Waals surface area contributed by atoms with E-state index in [-0.39, 0.29) is 5.91 Å². The third-order valence-corrected chi connectivity index (χ3v) is 6.75. The van der Waals surface area contributed by atoms with Gasteiger partial charge in [-0.3, -0.25) is 9.78 Å². The molecule has 4 aromatic rings. The number of rotatable bonds is 7. The lowest BCUT2D eigenvalue weighted by atomic mass is 9.99. The number of nitrogens with zero attached hydrogens (tertiary/aromatic N) is 2. The Morgan fingerprint density at radius 1 is 1.15 bits per heavy atom. The second kappa shape index (κ2) is 9.79. The minimum atomic E-state index is -0.395. The van der Waals surface area contributed by atoms with Gasteiger partial charge >= 0.3 is 0 Å². The summed E-state index contributed by atoms with van der Waals surface area (Å²) in [6.45, 7) is 1.42. The highest BCUT2D eigenvalue weighted by atomic mass is 32.2. The van der Waals surface area contributed by atoms with Gasteiger partial charge in [0.2, 0.25) is 5.91 Å². The zero-order valence-corrected chi connectivity index (χ0v) is 19.4. The summed E-state index contributed by atoms with van der Waals surface area (Å²) in [7, 11) is 1.53. The second-order valence-electron chi connectivity index (χ2n) is 7.97. The van der Waals surface area contributed by atoms with Crippen LogP contribution in [0.25, 0.3) is 22.0 Å². The van der Waals surface area contributed by atoms with Crippen molar-refractivity contribution in [1.29, 1.82) is 0 Å². The summed E-state index contributed by atoms with van der Waals surface area (Å²) in [6.07, 6.45) is 2.49. The molecule has 0 saturated carbocycles. The lowest BCUT2D eigenvalue weighted by molar-refractivity contribution is -0.113. The van der Waals surface area contributed by atoms with Crippen molar-refractivity contribution < 1.29 is 13.9 Å². The van der Waals surface area contributed by atoms with Gasteiger partial charge in [0, 0.05) is 24.2 Å². The third-order valence-electron chi connectivity index (χ3n) is 5.70. The standard InChI is InChI=1S/C26H23FN4O2S/c1-33-19-12-21-20(9-11-29-25(21)22(27)13-19)17-4-2-16(3-5-17)8-10-28-14-18-6-7-23-26(30-18)31-24(32)15-34-23/h2-7,9,11-13,28H,8,10,14-15H2,1H3,(H,30,31,32). The van der Waals surface area contributed by atoms with Crippen molar-refractivity contribution in [3.8, 4) is 16.9 Å². The Labute approximate surface area is 201 Å². The highest BCUT2D eigenvalue weighted by molar-refractivity contribution is 8.00. The van der Waals surface area contributed by atoms with E-state index in [0.717, 1.165) is 40.1 Å². The summed E-state index contributed by atoms with van der Waals surface area (Å²) in [6, 6.07) is 17.3. The molecule has 0 bridgehead atoms. The van der Waals surface area contributed by atoms with E-state index in [9.17, 15) is 9.18 Å². The molecule has 6 nitrogen and oxygen atoms in total. The highest BCUT2D eigenvalue weighted by Crippen LogP contribution is 2.32. The normalized spacial score (nSPS) is 12.9. The monoisotopic (exact) mass is 474 g/mol. The van der Waals surface area contributed by atoms with Crippen molar-refractivity contribution in [2.24, 2.45) is 0 Å². The molecule has 34 heavy (non-hydrogen) atoms. The quantitative estimate of drug-likeness (QED) is 0.374. The molecule has 0 saturated heterocycles. The number of hydrogen-bond acceptors (Lipinski definition) is 6. The van der Waals surface area contributed by atoms with Crippen LogP contribution in [-0.4, -0.2) is 35.3 Å². The molecule has 0 radical (unpaired) electrons. The van der Waals surface area contributed by atoms with E-state index in [1.165, 1.54) is 30.5 Å². The van der Waals surface area contributed by atoms with Crippen LogP contribution in [0.15, 0.2) is 65.7 Å². The van der Waals surface area contributed by atoms with Crippen LogP contribution in [0, 0.1) is 5.82 Å². The lowest BCUT2D eigenvalue weighted by Crippen LogP contribution is -2.22. The Hall–Kier alpha value is -3.49. The summed E-state index contributed by atoms with van der Waals surface area (Å²) >= 11 is 1.51. The number of halogens is 1. The number of amides is 1. The van der Waals surface area contributed by atoms with Crippen molar-refractivity contribution in [1.82, 2.24) is 15.3 Å². The first-order valence-corrected chi connectivity index (χ1v) is 11.9. The summed E-state index contributed by atoms with van der Waals surface area (Å²) < 4.78 is 19.6. The van der Waals surface area contributed by atoms with E-state index in [1.54, 1.807) is 6.20 Å². The fourth-order valence-electron chi connectivity index (χ4n) is 3.96. The van der Waals surface area contributed by atoms with Crippen LogP contribution in [0.2, 0.25) is 0 Å². The maximum atomic E-state index is 14.4. The number of thioether (sulfide) groups is 1. The van der Waals surface area contributed by atoms with E-state index in [1.807, 2.05) is 36.4 Å². The molecule has 172 valence electrons. The summed E-state index contributed by atoms with van der Waals surface area (Å²) in [4.78, 5) is 21.3. The highest BCUT2D eigenvalue weighted by Gasteiger charge is 2.16. The molecule has 8 heteroatoms. The lowest BCUT2D eigenvalue weighted by Gasteiger charge is -2.16. The van der Waals surface area contributed by atoms with Crippen LogP contribution in [0.5, 0.6) is 5.75 Å². The molecule has 0 atom stereocenters. The van der Waals surface area contributed by atoms with Crippen molar-refractivity contribution in [3.63, 3.8) is 0 Å². The van der Waals surface area contributed by atoms with Crippen LogP contribution < -0.4 is 15.4 Å². The number of hydrogen-bond donors (Lipinski definition) is 2. The van der Waals surface area contributed by atoms with Crippen molar-refractivity contribution in [2.75, 3.05) is 24.7 Å². The first-order valence-electron chi connectivity index (χ1n) is 11.0. The second-order valence-corrected chi connectivity index (χ2v) is 8.99. The zero-order valence-electron chi connectivity index (χ0n) is 18.6. The summed E-state index contributed by atoms with van der Waals surface area (Å²) in [5.74, 6) is 1.15. The minimum Gasteiger partial charge on any atom is -0.497 e. The molecule has 2 aromatic heterocycles. The van der Waals surface area contributed by atoms with E-state index in [2.05, 4.69) is 32.7 Å². The largest absolute Gasteiger partial charge is 0.497 e. The molecule has 0 aliphatic carbocycles. The molecule has 1 amide bonds.